The van der Waals surface area contributed by atoms with Crippen LogP contribution in [0.15, 0.2) is 30.5 Å². The van der Waals surface area contributed by atoms with E-state index < -0.39 is 11.9 Å². The summed E-state index contributed by atoms with van der Waals surface area (Å²) in [4.78, 5) is 25.7. The Balaban J connectivity index is 1.97. The lowest BCUT2D eigenvalue weighted by Crippen LogP contribution is -2.30. The van der Waals surface area contributed by atoms with Crippen molar-refractivity contribution in [1.29, 1.82) is 0 Å². The molecule has 1 atom stereocenters. The number of likely N-dealkylation sites (tertiary alicyclic amines) is 1. The third-order valence-electron chi connectivity index (χ3n) is 4.75. The first-order valence-corrected chi connectivity index (χ1v) is 8.56. The number of rotatable bonds is 4. The Morgan fingerprint density at radius 3 is 2.60 bits per heavy atom. The molecule has 1 aromatic heterocycles. The molecule has 3 rings (SSSR count). The Morgan fingerprint density at radius 2 is 2.00 bits per heavy atom. The molecular formula is C19H23N3O3. The van der Waals surface area contributed by atoms with E-state index in [1.807, 2.05) is 49.7 Å². The van der Waals surface area contributed by atoms with Gasteiger partial charge in [0.05, 0.1) is 29.1 Å². The number of aryl methyl sites for hydroxylation is 1. The maximum absolute atomic E-state index is 12.9. The average molecular weight is 341 g/mol. The molecule has 1 unspecified atom stereocenters. The van der Waals surface area contributed by atoms with Gasteiger partial charge in [-0.25, -0.2) is 4.68 Å². The molecule has 0 radical (unpaired) electrons. The van der Waals surface area contributed by atoms with Crippen LogP contribution in [0.5, 0.6) is 0 Å². The minimum absolute atomic E-state index is 0.110. The van der Waals surface area contributed by atoms with Gasteiger partial charge in [-0.05, 0) is 30.9 Å². The molecule has 1 N–H and O–H groups in total. The van der Waals surface area contributed by atoms with E-state index in [1.165, 1.54) is 0 Å². The van der Waals surface area contributed by atoms with Crippen LogP contribution in [0.3, 0.4) is 0 Å². The maximum atomic E-state index is 12.9. The van der Waals surface area contributed by atoms with Gasteiger partial charge in [-0.2, -0.15) is 5.10 Å². The normalized spacial score (nSPS) is 17.3. The number of nitrogens with zero attached hydrogens (tertiary/aromatic N) is 3. The first-order chi connectivity index (χ1) is 11.9. The Labute approximate surface area is 147 Å². The van der Waals surface area contributed by atoms with E-state index in [2.05, 4.69) is 5.10 Å². The standard InChI is InChI=1S/C19H23N3O3/c1-12(2)17-15(18(23)21-9-8-14(11-21)19(24)25)10-20-22(17)16-7-5-4-6-13(16)3/h4-7,10,12,14H,8-9,11H2,1-3H3,(H,24,25). The quantitative estimate of drug-likeness (QED) is 0.928. The number of amides is 1. The van der Waals surface area contributed by atoms with Crippen LogP contribution in [0.1, 0.15) is 47.8 Å². The van der Waals surface area contributed by atoms with Crippen molar-refractivity contribution >= 4 is 11.9 Å². The van der Waals surface area contributed by atoms with Crippen LogP contribution >= 0.6 is 0 Å². The van der Waals surface area contributed by atoms with Gasteiger partial charge in [0.25, 0.3) is 5.91 Å². The number of carbonyl (C=O) groups excluding carboxylic acids is 1. The second-order valence-corrected chi connectivity index (χ2v) is 6.87. The number of benzene rings is 1. The van der Waals surface area contributed by atoms with Crippen molar-refractivity contribution in [3.05, 3.63) is 47.3 Å². The van der Waals surface area contributed by atoms with Gasteiger partial charge in [0, 0.05) is 13.1 Å². The minimum Gasteiger partial charge on any atom is -0.481 e. The number of carboxylic acids is 1. The lowest BCUT2D eigenvalue weighted by molar-refractivity contribution is -0.141. The number of carbonyl (C=O) groups is 2. The molecule has 1 saturated heterocycles. The van der Waals surface area contributed by atoms with Gasteiger partial charge in [-0.1, -0.05) is 32.0 Å². The third-order valence-corrected chi connectivity index (χ3v) is 4.75. The highest BCUT2D eigenvalue weighted by Crippen LogP contribution is 2.27. The van der Waals surface area contributed by atoms with E-state index in [9.17, 15) is 9.59 Å². The van der Waals surface area contributed by atoms with Crippen molar-refractivity contribution in [3.63, 3.8) is 0 Å². The van der Waals surface area contributed by atoms with Crippen LogP contribution < -0.4 is 0 Å². The predicted octanol–water partition coefficient (Wildman–Crippen LogP) is 2.85. The van der Waals surface area contributed by atoms with Crippen molar-refractivity contribution in [2.45, 2.75) is 33.1 Å². The van der Waals surface area contributed by atoms with Gasteiger partial charge in [0.15, 0.2) is 0 Å². The molecule has 0 saturated carbocycles. The summed E-state index contributed by atoms with van der Waals surface area (Å²) in [7, 11) is 0. The zero-order valence-corrected chi connectivity index (χ0v) is 14.8. The molecular weight excluding hydrogens is 318 g/mol. The predicted molar refractivity (Wildman–Crippen MR) is 94.0 cm³/mol. The minimum atomic E-state index is -0.838. The van der Waals surface area contributed by atoms with E-state index in [-0.39, 0.29) is 18.4 Å². The van der Waals surface area contributed by atoms with Crippen LogP contribution in [0, 0.1) is 12.8 Å². The molecule has 132 valence electrons. The molecule has 0 aliphatic carbocycles. The molecule has 6 nitrogen and oxygen atoms in total. The van der Waals surface area contributed by atoms with Gasteiger partial charge in [0.2, 0.25) is 0 Å². The number of hydrogen-bond donors (Lipinski definition) is 1. The molecule has 1 amide bonds. The summed E-state index contributed by atoms with van der Waals surface area (Å²) < 4.78 is 1.83. The largest absolute Gasteiger partial charge is 0.481 e. The first-order valence-electron chi connectivity index (χ1n) is 8.56. The monoisotopic (exact) mass is 341 g/mol. The van der Waals surface area contributed by atoms with E-state index in [0.717, 1.165) is 16.9 Å². The fraction of sp³-hybridized carbons (Fsp3) is 0.421. The van der Waals surface area contributed by atoms with Crippen molar-refractivity contribution < 1.29 is 14.7 Å². The topological polar surface area (TPSA) is 75.4 Å². The fourth-order valence-corrected chi connectivity index (χ4v) is 3.39. The van der Waals surface area contributed by atoms with Crippen LogP contribution in [0.4, 0.5) is 0 Å². The summed E-state index contributed by atoms with van der Waals surface area (Å²) in [6.45, 7) is 6.82. The molecule has 1 aromatic carbocycles. The van der Waals surface area contributed by atoms with Crippen LogP contribution in [-0.2, 0) is 4.79 Å². The fourth-order valence-electron chi connectivity index (χ4n) is 3.39. The zero-order chi connectivity index (χ0) is 18.1. The van der Waals surface area contributed by atoms with Crippen molar-refractivity contribution in [1.82, 2.24) is 14.7 Å². The van der Waals surface area contributed by atoms with Gasteiger partial charge in [-0.15, -0.1) is 0 Å². The first kappa shape index (κ1) is 17.2. The van der Waals surface area contributed by atoms with Crippen molar-refractivity contribution in [2.75, 3.05) is 13.1 Å². The molecule has 1 fully saturated rings. The average Bonchev–Trinajstić information content (AvgIpc) is 3.22. The zero-order valence-electron chi connectivity index (χ0n) is 14.8. The SMILES string of the molecule is Cc1ccccc1-n1ncc(C(=O)N2CCC(C(=O)O)C2)c1C(C)C. The second-order valence-electron chi connectivity index (χ2n) is 6.87. The molecule has 25 heavy (non-hydrogen) atoms. The highest BCUT2D eigenvalue weighted by atomic mass is 16.4. The van der Waals surface area contributed by atoms with Gasteiger partial charge in [-0.3, -0.25) is 9.59 Å². The number of carboxylic acid groups (broad SMARTS) is 1. The van der Waals surface area contributed by atoms with E-state index >= 15 is 0 Å². The summed E-state index contributed by atoms with van der Waals surface area (Å²) in [5, 5.41) is 13.6. The van der Waals surface area contributed by atoms with Gasteiger partial charge in [0.1, 0.15) is 0 Å². The summed E-state index contributed by atoms with van der Waals surface area (Å²) >= 11 is 0. The number of hydrogen-bond acceptors (Lipinski definition) is 3. The Morgan fingerprint density at radius 1 is 1.28 bits per heavy atom. The summed E-state index contributed by atoms with van der Waals surface area (Å²) in [5.74, 6) is -1.33. The summed E-state index contributed by atoms with van der Waals surface area (Å²) in [6, 6.07) is 7.92. The molecule has 0 bridgehead atoms. The Hall–Kier alpha value is -2.63. The lowest BCUT2D eigenvalue weighted by atomic mass is 10.0. The smallest absolute Gasteiger partial charge is 0.308 e. The summed E-state index contributed by atoms with van der Waals surface area (Å²) in [5.41, 5.74) is 3.45. The van der Waals surface area contributed by atoms with Gasteiger partial charge >= 0.3 is 5.97 Å². The Bertz CT molecular complexity index is 810. The number of para-hydroxylation sites is 1. The van der Waals surface area contributed by atoms with Crippen LogP contribution in [0.2, 0.25) is 0 Å². The van der Waals surface area contributed by atoms with Crippen LogP contribution in [-0.4, -0.2) is 44.8 Å². The number of aliphatic carboxylic acids is 1. The highest BCUT2D eigenvalue weighted by molar-refractivity contribution is 5.96. The van der Waals surface area contributed by atoms with Crippen molar-refractivity contribution in [2.24, 2.45) is 5.92 Å². The van der Waals surface area contributed by atoms with Crippen molar-refractivity contribution in [3.8, 4) is 5.69 Å². The van der Waals surface area contributed by atoms with E-state index in [0.29, 0.717) is 18.5 Å². The van der Waals surface area contributed by atoms with E-state index in [1.54, 1.807) is 11.1 Å². The summed E-state index contributed by atoms with van der Waals surface area (Å²) in [6.07, 6.45) is 2.11. The highest BCUT2D eigenvalue weighted by Gasteiger charge is 2.33. The van der Waals surface area contributed by atoms with Gasteiger partial charge < -0.3 is 10.0 Å². The third kappa shape index (κ3) is 3.16. The Kier molecular flexibility index (Phi) is 4.61. The molecule has 2 aromatic rings. The van der Waals surface area contributed by atoms with Crippen LogP contribution in [0.25, 0.3) is 5.69 Å². The number of aromatic nitrogens is 2. The molecule has 6 heteroatoms. The molecule has 1 aliphatic rings. The maximum Gasteiger partial charge on any atom is 0.308 e. The molecule has 1 aliphatic heterocycles. The lowest BCUT2D eigenvalue weighted by Gasteiger charge is -2.18. The second kappa shape index (κ2) is 6.70. The molecule has 0 spiro atoms. The van der Waals surface area contributed by atoms with E-state index in [4.69, 9.17) is 5.11 Å². The molecule has 2 heterocycles.